The molecule has 1 rings (SSSR count). The zero-order valence-corrected chi connectivity index (χ0v) is 17.1. The van der Waals surface area contributed by atoms with E-state index in [2.05, 4.69) is 13.8 Å². The fraction of sp³-hybridized carbons (Fsp3) is 1.00. The third-order valence-corrected chi connectivity index (χ3v) is 5.47. The number of likely N-dealkylation sites (tertiary alicyclic amines) is 1. The standard InChI is InChI=1S/C17H35N.CHF3O3S/c1-3-5-6-7-8-9-10-11-15-18-16-12-14-17(18)13-4-2;2-1(3,4)8(5,6)7/h17H,3-16H2,1-2H3;(H,5,6,7). The monoisotopic (exact) mass is 403 g/mol. The average Bonchev–Trinajstić information content (AvgIpc) is 2.96. The highest BCUT2D eigenvalue weighted by Gasteiger charge is 2.36. The topological polar surface area (TPSA) is 61.6 Å². The number of nitrogens with one attached hydrogen (secondary N) is 1. The minimum atomic E-state index is -6.09. The van der Waals surface area contributed by atoms with Gasteiger partial charge in [-0.15, -0.1) is 0 Å². The lowest BCUT2D eigenvalue weighted by Crippen LogP contribution is -3.13. The molecule has 0 saturated carbocycles. The first-order valence-corrected chi connectivity index (χ1v) is 11.4. The molecule has 26 heavy (non-hydrogen) atoms. The van der Waals surface area contributed by atoms with Crippen LogP contribution in [0.1, 0.15) is 90.9 Å². The molecule has 8 heteroatoms. The lowest BCUT2D eigenvalue weighted by molar-refractivity contribution is -0.912. The summed E-state index contributed by atoms with van der Waals surface area (Å²) in [5, 5.41) is 0. The second-order valence-corrected chi connectivity index (χ2v) is 8.53. The van der Waals surface area contributed by atoms with Crippen molar-refractivity contribution in [1.82, 2.24) is 0 Å². The number of quaternary nitrogens is 1. The van der Waals surface area contributed by atoms with Crippen molar-refractivity contribution in [2.24, 2.45) is 0 Å². The van der Waals surface area contributed by atoms with Crippen molar-refractivity contribution in [3.8, 4) is 0 Å². The van der Waals surface area contributed by atoms with Gasteiger partial charge >= 0.3 is 5.51 Å². The molecule has 1 aliphatic heterocycles. The second-order valence-electron chi connectivity index (χ2n) is 7.16. The van der Waals surface area contributed by atoms with Crippen LogP contribution in [0.5, 0.6) is 0 Å². The fourth-order valence-corrected chi connectivity index (χ4v) is 3.50. The molecule has 1 aliphatic rings. The van der Waals surface area contributed by atoms with Gasteiger partial charge in [-0.3, -0.25) is 0 Å². The Labute approximate surface area is 157 Å². The van der Waals surface area contributed by atoms with Crippen molar-refractivity contribution >= 4 is 10.1 Å². The van der Waals surface area contributed by atoms with Gasteiger partial charge in [0.05, 0.1) is 19.1 Å². The van der Waals surface area contributed by atoms with E-state index >= 15 is 0 Å². The number of hydrogen-bond donors (Lipinski definition) is 1. The van der Waals surface area contributed by atoms with Crippen LogP contribution in [0.2, 0.25) is 0 Å². The van der Waals surface area contributed by atoms with Crippen LogP contribution in [0.25, 0.3) is 0 Å². The maximum atomic E-state index is 10.7. The van der Waals surface area contributed by atoms with Crippen molar-refractivity contribution in [3.05, 3.63) is 0 Å². The van der Waals surface area contributed by atoms with Gasteiger partial charge < -0.3 is 9.45 Å². The minimum absolute atomic E-state index is 1.01. The molecular weight excluding hydrogens is 367 g/mol. The van der Waals surface area contributed by atoms with Crippen LogP contribution in [-0.4, -0.2) is 37.6 Å². The van der Waals surface area contributed by atoms with E-state index in [1.165, 1.54) is 90.1 Å². The van der Waals surface area contributed by atoms with E-state index in [4.69, 9.17) is 13.0 Å². The molecule has 1 heterocycles. The van der Waals surface area contributed by atoms with E-state index in [0.717, 1.165) is 6.04 Å². The van der Waals surface area contributed by atoms with Crippen LogP contribution in [0.4, 0.5) is 13.2 Å². The molecule has 2 atom stereocenters. The molecule has 0 aliphatic carbocycles. The predicted molar refractivity (Wildman–Crippen MR) is 97.0 cm³/mol. The highest BCUT2D eigenvalue weighted by atomic mass is 32.2. The molecule has 0 bridgehead atoms. The molecular formula is C18H36F3NO3S. The van der Waals surface area contributed by atoms with Gasteiger partial charge in [0, 0.05) is 12.8 Å². The van der Waals surface area contributed by atoms with E-state index in [0.29, 0.717) is 0 Å². The largest absolute Gasteiger partial charge is 0.741 e. The van der Waals surface area contributed by atoms with Crippen molar-refractivity contribution in [3.63, 3.8) is 0 Å². The van der Waals surface area contributed by atoms with E-state index in [-0.39, 0.29) is 0 Å². The Bertz CT molecular complexity index is 441. The first-order valence-electron chi connectivity index (χ1n) is 10.00. The Kier molecular flexibility index (Phi) is 13.6. The first-order chi connectivity index (χ1) is 12.1. The molecule has 158 valence electrons. The Morgan fingerprint density at radius 1 is 0.962 bits per heavy atom. The molecule has 0 spiro atoms. The van der Waals surface area contributed by atoms with Crippen LogP contribution in [0, 0.1) is 0 Å². The van der Waals surface area contributed by atoms with Gasteiger partial charge in [-0.1, -0.05) is 58.8 Å². The Balaban J connectivity index is 0.000000660. The number of halogens is 3. The third-order valence-electron chi connectivity index (χ3n) is 4.90. The van der Waals surface area contributed by atoms with E-state index in [1.54, 1.807) is 0 Å². The number of alkyl halides is 3. The molecule has 1 fully saturated rings. The maximum absolute atomic E-state index is 10.7. The van der Waals surface area contributed by atoms with Gasteiger partial charge in [0.2, 0.25) is 0 Å². The molecule has 1 N–H and O–H groups in total. The highest BCUT2D eigenvalue weighted by Crippen LogP contribution is 2.20. The summed E-state index contributed by atoms with van der Waals surface area (Å²) in [6, 6.07) is 1.01. The highest BCUT2D eigenvalue weighted by molar-refractivity contribution is 7.86. The van der Waals surface area contributed by atoms with Gasteiger partial charge in [-0.2, -0.15) is 13.2 Å². The molecule has 0 aromatic heterocycles. The van der Waals surface area contributed by atoms with E-state index in [1.807, 2.05) is 4.90 Å². The van der Waals surface area contributed by atoms with E-state index < -0.39 is 15.6 Å². The van der Waals surface area contributed by atoms with Gasteiger partial charge in [-0.25, -0.2) is 8.42 Å². The van der Waals surface area contributed by atoms with Crippen molar-refractivity contribution in [2.45, 2.75) is 102 Å². The van der Waals surface area contributed by atoms with Crippen LogP contribution in [0.3, 0.4) is 0 Å². The number of rotatable bonds is 11. The summed E-state index contributed by atoms with van der Waals surface area (Å²) >= 11 is 0. The zero-order valence-electron chi connectivity index (χ0n) is 16.2. The molecule has 0 amide bonds. The van der Waals surface area contributed by atoms with Crippen molar-refractivity contribution in [1.29, 1.82) is 0 Å². The van der Waals surface area contributed by atoms with E-state index in [9.17, 15) is 13.2 Å². The van der Waals surface area contributed by atoms with Gasteiger partial charge in [0.1, 0.15) is 0 Å². The minimum Gasteiger partial charge on any atom is -0.741 e. The molecule has 0 aromatic rings. The summed E-state index contributed by atoms with van der Waals surface area (Å²) in [4.78, 5) is 1.93. The molecule has 4 nitrogen and oxygen atoms in total. The zero-order chi connectivity index (χ0) is 20.1. The Morgan fingerprint density at radius 3 is 1.92 bits per heavy atom. The normalized spacial score (nSPS) is 20.7. The Morgan fingerprint density at radius 2 is 1.46 bits per heavy atom. The van der Waals surface area contributed by atoms with Gasteiger partial charge in [-0.05, 0) is 19.3 Å². The number of hydrogen-bond acceptors (Lipinski definition) is 3. The van der Waals surface area contributed by atoms with Crippen molar-refractivity contribution < 1.29 is 31.0 Å². The predicted octanol–water partition coefficient (Wildman–Crippen LogP) is 4.03. The van der Waals surface area contributed by atoms with Crippen LogP contribution in [-0.2, 0) is 10.1 Å². The van der Waals surface area contributed by atoms with Crippen LogP contribution < -0.4 is 4.90 Å². The average molecular weight is 404 g/mol. The summed E-state index contributed by atoms with van der Waals surface area (Å²) in [6.45, 7) is 7.55. The fourth-order valence-electron chi connectivity index (χ4n) is 3.50. The van der Waals surface area contributed by atoms with Crippen LogP contribution in [0.15, 0.2) is 0 Å². The maximum Gasteiger partial charge on any atom is 0.485 e. The molecule has 2 unspecified atom stereocenters. The van der Waals surface area contributed by atoms with Crippen molar-refractivity contribution in [2.75, 3.05) is 13.1 Å². The summed E-state index contributed by atoms with van der Waals surface area (Å²) in [5.41, 5.74) is -5.65. The third kappa shape index (κ3) is 12.1. The summed E-state index contributed by atoms with van der Waals surface area (Å²) in [6.07, 6.45) is 17.5. The molecule has 0 radical (unpaired) electrons. The molecule has 0 aromatic carbocycles. The second kappa shape index (κ2) is 13.8. The van der Waals surface area contributed by atoms with Crippen LogP contribution >= 0.6 is 0 Å². The first kappa shape index (κ1) is 25.7. The summed E-state index contributed by atoms with van der Waals surface area (Å²) in [7, 11) is -6.09. The van der Waals surface area contributed by atoms with Gasteiger partial charge in [0.25, 0.3) is 0 Å². The lowest BCUT2D eigenvalue weighted by atomic mass is 10.1. The Hall–Kier alpha value is -0.340. The molecule has 1 saturated heterocycles. The lowest BCUT2D eigenvalue weighted by Gasteiger charge is -2.21. The van der Waals surface area contributed by atoms with Gasteiger partial charge in [0.15, 0.2) is 10.1 Å². The summed E-state index contributed by atoms with van der Waals surface area (Å²) in [5.74, 6) is 0. The SMILES string of the molecule is CCCCCCCCCC[NH+]1CCCC1CCC.O=S(=O)([O-])C(F)(F)F. The quantitative estimate of drug-likeness (QED) is 0.322. The number of unbranched alkanes of at least 4 members (excludes halogenated alkanes) is 7. The smallest absolute Gasteiger partial charge is 0.485 e. The summed E-state index contributed by atoms with van der Waals surface area (Å²) < 4.78 is 58.9.